The Bertz CT molecular complexity index is 1290. The molecule has 0 aliphatic rings. The van der Waals surface area contributed by atoms with Crippen molar-refractivity contribution in [2.75, 3.05) is 5.32 Å². The van der Waals surface area contributed by atoms with E-state index in [1.807, 2.05) is 86.6 Å². The maximum atomic E-state index is 13.1. The van der Waals surface area contributed by atoms with Crippen molar-refractivity contribution in [3.8, 4) is 5.75 Å². The lowest BCUT2D eigenvalue weighted by Crippen LogP contribution is -2.34. The molecule has 5 nitrogen and oxygen atoms in total. The normalized spacial score (nSPS) is 12.5. The van der Waals surface area contributed by atoms with Crippen molar-refractivity contribution >= 4 is 28.3 Å². The third-order valence-corrected chi connectivity index (χ3v) is 5.74. The number of rotatable bonds is 8. The Hall–Kier alpha value is -4.12. The molecule has 0 fully saturated rings. The van der Waals surface area contributed by atoms with Crippen molar-refractivity contribution in [1.29, 1.82) is 0 Å². The van der Waals surface area contributed by atoms with Gasteiger partial charge in [-0.3, -0.25) is 9.59 Å². The van der Waals surface area contributed by atoms with E-state index in [1.165, 1.54) is 0 Å². The van der Waals surface area contributed by atoms with Crippen LogP contribution in [-0.4, -0.2) is 17.9 Å². The number of hydrogen-bond acceptors (Lipinski definition) is 3. The molecule has 2 amide bonds. The van der Waals surface area contributed by atoms with Crippen LogP contribution in [0.1, 0.15) is 42.2 Å². The Morgan fingerprint density at radius 3 is 2.26 bits per heavy atom. The fourth-order valence-electron chi connectivity index (χ4n) is 3.83. The summed E-state index contributed by atoms with van der Waals surface area (Å²) in [6.45, 7) is 3.82. The SMILES string of the molecule is CC[C@H](Oc1ccc2ccccc2c1)C(=O)Nc1ccccc1C(=O)N[C@@H](C)c1ccccc1. The Labute approximate surface area is 199 Å². The van der Waals surface area contributed by atoms with Gasteiger partial charge in [-0.2, -0.15) is 0 Å². The molecule has 4 aromatic carbocycles. The molecule has 0 unspecified atom stereocenters. The molecular weight excluding hydrogens is 424 g/mol. The summed E-state index contributed by atoms with van der Waals surface area (Å²) in [6.07, 6.45) is -0.210. The Morgan fingerprint density at radius 1 is 0.824 bits per heavy atom. The van der Waals surface area contributed by atoms with Crippen molar-refractivity contribution < 1.29 is 14.3 Å². The number of fused-ring (bicyclic) bond motifs is 1. The predicted octanol–water partition coefficient (Wildman–Crippen LogP) is 6.13. The number of nitrogens with one attached hydrogen (secondary N) is 2. The van der Waals surface area contributed by atoms with E-state index in [-0.39, 0.29) is 17.9 Å². The van der Waals surface area contributed by atoms with E-state index in [1.54, 1.807) is 24.3 Å². The Kier molecular flexibility index (Phi) is 7.23. The molecule has 172 valence electrons. The van der Waals surface area contributed by atoms with Crippen molar-refractivity contribution in [3.05, 3.63) is 108 Å². The highest BCUT2D eigenvalue weighted by molar-refractivity contribution is 6.04. The lowest BCUT2D eigenvalue weighted by atomic mass is 10.1. The second-order valence-electron chi connectivity index (χ2n) is 8.16. The zero-order valence-corrected chi connectivity index (χ0v) is 19.3. The lowest BCUT2D eigenvalue weighted by Gasteiger charge is -2.20. The first kappa shape index (κ1) is 23.1. The monoisotopic (exact) mass is 452 g/mol. The molecule has 2 atom stereocenters. The van der Waals surface area contributed by atoms with Crippen LogP contribution in [0.3, 0.4) is 0 Å². The third kappa shape index (κ3) is 5.44. The highest BCUT2D eigenvalue weighted by Crippen LogP contribution is 2.23. The molecule has 0 aliphatic heterocycles. The van der Waals surface area contributed by atoms with Crippen LogP contribution in [0.25, 0.3) is 10.8 Å². The minimum atomic E-state index is -0.694. The van der Waals surface area contributed by atoms with E-state index in [2.05, 4.69) is 10.6 Å². The maximum absolute atomic E-state index is 13.1. The average Bonchev–Trinajstić information content (AvgIpc) is 2.87. The highest BCUT2D eigenvalue weighted by Gasteiger charge is 2.22. The van der Waals surface area contributed by atoms with Crippen molar-refractivity contribution in [2.45, 2.75) is 32.4 Å². The van der Waals surface area contributed by atoms with E-state index in [4.69, 9.17) is 4.74 Å². The van der Waals surface area contributed by atoms with Gasteiger partial charge in [0.25, 0.3) is 11.8 Å². The van der Waals surface area contributed by atoms with Crippen LogP contribution in [0.15, 0.2) is 97.1 Å². The zero-order valence-electron chi connectivity index (χ0n) is 19.3. The summed E-state index contributed by atoms with van der Waals surface area (Å²) in [7, 11) is 0. The zero-order chi connectivity index (χ0) is 23.9. The second kappa shape index (κ2) is 10.7. The molecule has 4 rings (SSSR count). The number of hydrogen-bond donors (Lipinski definition) is 2. The maximum Gasteiger partial charge on any atom is 0.265 e. The molecule has 34 heavy (non-hydrogen) atoms. The van der Waals surface area contributed by atoms with Crippen molar-refractivity contribution in [3.63, 3.8) is 0 Å². The van der Waals surface area contributed by atoms with Gasteiger partial charge in [0.05, 0.1) is 17.3 Å². The van der Waals surface area contributed by atoms with Crippen LogP contribution in [0.5, 0.6) is 5.75 Å². The third-order valence-electron chi connectivity index (χ3n) is 5.74. The van der Waals surface area contributed by atoms with Crippen molar-refractivity contribution in [1.82, 2.24) is 5.32 Å². The second-order valence-corrected chi connectivity index (χ2v) is 8.16. The van der Waals surface area contributed by atoms with Crippen LogP contribution in [-0.2, 0) is 4.79 Å². The van der Waals surface area contributed by atoms with Gasteiger partial charge in [0, 0.05) is 0 Å². The first-order chi connectivity index (χ1) is 16.5. The molecule has 0 spiro atoms. The average molecular weight is 453 g/mol. The number of para-hydroxylation sites is 1. The smallest absolute Gasteiger partial charge is 0.265 e. The van der Waals surface area contributed by atoms with Gasteiger partial charge in [-0.05, 0) is 53.9 Å². The molecule has 0 heterocycles. The highest BCUT2D eigenvalue weighted by atomic mass is 16.5. The molecular formula is C29H28N2O3. The molecule has 0 bridgehead atoms. The summed E-state index contributed by atoms with van der Waals surface area (Å²) in [5, 5.41) is 8.05. The van der Waals surface area contributed by atoms with Gasteiger partial charge in [0.15, 0.2) is 6.10 Å². The molecule has 4 aromatic rings. The fourth-order valence-corrected chi connectivity index (χ4v) is 3.83. The number of carbonyl (C=O) groups excluding carboxylic acids is 2. The predicted molar refractivity (Wildman–Crippen MR) is 136 cm³/mol. The molecule has 0 aliphatic carbocycles. The van der Waals surface area contributed by atoms with Gasteiger partial charge in [0.1, 0.15) is 5.75 Å². The standard InChI is InChI=1S/C29H28N2O3/c1-3-27(34-24-18-17-22-13-7-8-14-23(22)19-24)29(33)31-26-16-10-9-15-25(26)28(32)30-20(2)21-11-5-4-6-12-21/h4-20,27H,3H2,1-2H3,(H,30,32)(H,31,33)/t20-,27-/m0/s1. The minimum Gasteiger partial charge on any atom is -0.481 e. The van der Waals surface area contributed by atoms with Crippen LogP contribution in [0.2, 0.25) is 0 Å². The lowest BCUT2D eigenvalue weighted by molar-refractivity contribution is -0.122. The number of benzene rings is 4. The van der Waals surface area contributed by atoms with Gasteiger partial charge in [0.2, 0.25) is 0 Å². The largest absolute Gasteiger partial charge is 0.481 e. The summed E-state index contributed by atoms with van der Waals surface area (Å²) >= 11 is 0. The van der Waals surface area contributed by atoms with Gasteiger partial charge in [-0.25, -0.2) is 0 Å². The number of carbonyl (C=O) groups is 2. The van der Waals surface area contributed by atoms with E-state index >= 15 is 0 Å². The molecule has 5 heteroatoms. The first-order valence-corrected chi connectivity index (χ1v) is 11.5. The van der Waals surface area contributed by atoms with Crippen molar-refractivity contribution in [2.24, 2.45) is 0 Å². The number of anilines is 1. The fraction of sp³-hybridized carbons (Fsp3) is 0.172. The van der Waals surface area contributed by atoms with Crippen LogP contribution in [0.4, 0.5) is 5.69 Å². The topological polar surface area (TPSA) is 67.4 Å². The first-order valence-electron chi connectivity index (χ1n) is 11.5. The van der Waals surface area contributed by atoms with Crippen LogP contribution in [0, 0.1) is 0 Å². The molecule has 0 saturated heterocycles. The Balaban J connectivity index is 1.46. The molecule has 0 saturated carbocycles. The summed E-state index contributed by atoms with van der Waals surface area (Å²) in [4.78, 5) is 26.1. The summed E-state index contributed by atoms with van der Waals surface area (Å²) in [6, 6.07) is 30.3. The quantitative estimate of drug-likeness (QED) is 0.338. The molecule has 2 N–H and O–H groups in total. The van der Waals surface area contributed by atoms with E-state index in [0.717, 1.165) is 16.3 Å². The summed E-state index contributed by atoms with van der Waals surface area (Å²) in [5.74, 6) is 0.0752. The van der Waals surface area contributed by atoms with Gasteiger partial charge < -0.3 is 15.4 Å². The molecule has 0 radical (unpaired) electrons. The summed E-state index contributed by atoms with van der Waals surface area (Å²) in [5.41, 5.74) is 1.86. The minimum absolute atomic E-state index is 0.169. The molecule has 0 aromatic heterocycles. The van der Waals surface area contributed by atoms with Gasteiger partial charge in [-0.15, -0.1) is 0 Å². The van der Waals surface area contributed by atoms with E-state index in [9.17, 15) is 9.59 Å². The Morgan fingerprint density at radius 2 is 1.50 bits per heavy atom. The van der Waals surface area contributed by atoms with Crippen LogP contribution >= 0.6 is 0 Å². The van der Waals surface area contributed by atoms with Gasteiger partial charge >= 0.3 is 0 Å². The van der Waals surface area contributed by atoms with Crippen LogP contribution < -0.4 is 15.4 Å². The summed E-state index contributed by atoms with van der Waals surface area (Å²) < 4.78 is 6.02. The van der Waals surface area contributed by atoms with Gasteiger partial charge in [-0.1, -0.05) is 79.7 Å². The van der Waals surface area contributed by atoms with E-state index < -0.39 is 6.10 Å². The van der Waals surface area contributed by atoms with E-state index in [0.29, 0.717) is 23.4 Å². The number of amides is 2. The number of ether oxygens (including phenoxy) is 1.